The minimum absolute atomic E-state index is 0.117. The van der Waals surface area contributed by atoms with Gasteiger partial charge in [0.2, 0.25) is 0 Å². The van der Waals surface area contributed by atoms with Crippen LogP contribution in [0.15, 0.2) is 89.1 Å². The van der Waals surface area contributed by atoms with Gasteiger partial charge < -0.3 is 5.11 Å². The first-order valence-corrected chi connectivity index (χ1v) is 8.59. The molecule has 3 rings (SSSR count). The number of rotatable bonds is 5. The first-order valence-electron chi connectivity index (χ1n) is 8.21. The molecular formula is C22H16ClFN2O. The number of hydrogen-bond acceptors (Lipinski definition) is 3. The van der Waals surface area contributed by atoms with Gasteiger partial charge in [0, 0.05) is 16.1 Å². The van der Waals surface area contributed by atoms with Gasteiger partial charge >= 0.3 is 0 Å². The maximum Gasteiger partial charge on any atom is 0.124 e. The van der Waals surface area contributed by atoms with Crippen molar-refractivity contribution in [2.24, 2.45) is 10.2 Å². The van der Waals surface area contributed by atoms with Crippen LogP contribution in [-0.2, 0) is 0 Å². The quantitative estimate of drug-likeness (QED) is 0.447. The third-order valence-corrected chi connectivity index (χ3v) is 4.11. The van der Waals surface area contributed by atoms with Gasteiger partial charge in [0.1, 0.15) is 11.6 Å². The van der Waals surface area contributed by atoms with Crippen LogP contribution in [0, 0.1) is 5.82 Å². The molecule has 0 spiro atoms. The van der Waals surface area contributed by atoms with E-state index in [9.17, 15) is 9.50 Å². The fraction of sp³-hybridized carbons (Fsp3) is 0. The molecule has 27 heavy (non-hydrogen) atoms. The molecule has 0 amide bonds. The smallest absolute Gasteiger partial charge is 0.124 e. The Morgan fingerprint density at radius 2 is 1.56 bits per heavy atom. The Bertz CT molecular complexity index is 1010. The third-order valence-electron chi connectivity index (χ3n) is 3.77. The summed E-state index contributed by atoms with van der Waals surface area (Å²) in [5.41, 5.74) is 2.61. The molecular weight excluding hydrogens is 363 g/mol. The highest BCUT2D eigenvalue weighted by molar-refractivity contribution is 6.32. The Morgan fingerprint density at radius 3 is 2.26 bits per heavy atom. The molecule has 3 aromatic carbocycles. The molecule has 5 heteroatoms. The van der Waals surface area contributed by atoms with Gasteiger partial charge in [-0.25, -0.2) is 4.39 Å². The van der Waals surface area contributed by atoms with E-state index in [0.29, 0.717) is 21.9 Å². The van der Waals surface area contributed by atoms with Crippen molar-refractivity contribution in [3.05, 3.63) is 106 Å². The average Bonchev–Trinajstić information content (AvgIpc) is 2.68. The molecule has 0 bridgehead atoms. The second-order valence-electron chi connectivity index (χ2n) is 5.65. The summed E-state index contributed by atoms with van der Waals surface area (Å²) in [4.78, 5) is 0. The lowest BCUT2D eigenvalue weighted by Crippen LogP contribution is -1.96. The summed E-state index contributed by atoms with van der Waals surface area (Å²) in [6.07, 6.45) is 5.04. The molecule has 0 aliphatic heterocycles. The molecule has 3 aromatic rings. The summed E-state index contributed by atoms with van der Waals surface area (Å²) in [5, 5.41) is 18.7. The predicted octanol–water partition coefficient (Wildman–Crippen LogP) is 5.72. The van der Waals surface area contributed by atoms with Crippen LogP contribution in [-0.4, -0.2) is 17.0 Å². The molecule has 0 aromatic heterocycles. The summed E-state index contributed by atoms with van der Waals surface area (Å²) in [6, 6.07) is 20.2. The largest absolute Gasteiger partial charge is 0.507 e. The summed E-state index contributed by atoms with van der Waals surface area (Å²) < 4.78 is 13.2. The number of aromatic hydroxyl groups is 1. The second-order valence-corrected chi connectivity index (χ2v) is 6.06. The maximum atomic E-state index is 13.2. The van der Waals surface area contributed by atoms with Crippen molar-refractivity contribution < 1.29 is 9.50 Å². The Kier molecular flexibility index (Phi) is 6.13. The van der Waals surface area contributed by atoms with Crippen molar-refractivity contribution in [3.63, 3.8) is 0 Å². The number of phenols is 1. The van der Waals surface area contributed by atoms with Gasteiger partial charge in [0.15, 0.2) is 0 Å². The van der Waals surface area contributed by atoms with E-state index in [1.165, 1.54) is 18.3 Å². The van der Waals surface area contributed by atoms with Crippen LogP contribution in [0.4, 0.5) is 4.39 Å². The highest BCUT2D eigenvalue weighted by Crippen LogP contribution is 2.17. The Labute approximate surface area is 161 Å². The predicted molar refractivity (Wildman–Crippen MR) is 109 cm³/mol. The Morgan fingerprint density at radius 1 is 0.889 bits per heavy atom. The van der Waals surface area contributed by atoms with Crippen LogP contribution in [0.2, 0.25) is 5.02 Å². The summed E-state index contributed by atoms with van der Waals surface area (Å²) in [5.74, 6) is -0.211. The van der Waals surface area contributed by atoms with Gasteiger partial charge in [0.25, 0.3) is 0 Å². The van der Waals surface area contributed by atoms with Crippen LogP contribution in [0.5, 0.6) is 5.75 Å². The number of para-hydroxylation sites is 1. The van der Waals surface area contributed by atoms with E-state index in [4.69, 9.17) is 11.6 Å². The molecule has 0 aliphatic carbocycles. The second kappa shape index (κ2) is 8.92. The van der Waals surface area contributed by atoms with E-state index < -0.39 is 0 Å². The monoisotopic (exact) mass is 378 g/mol. The SMILES string of the molecule is Oc1ccccc1/C=N/N=C(/C=C\c1ccccc1Cl)c1ccc(F)cc1. The van der Waals surface area contributed by atoms with Gasteiger partial charge in [-0.2, -0.15) is 10.2 Å². The topological polar surface area (TPSA) is 45.0 Å². The first kappa shape index (κ1) is 18.5. The minimum Gasteiger partial charge on any atom is -0.507 e. The molecule has 0 heterocycles. The minimum atomic E-state index is -0.328. The molecule has 0 radical (unpaired) electrons. The van der Waals surface area contributed by atoms with Crippen LogP contribution < -0.4 is 0 Å². The zero-order valence-electron chi connectivity index (χ0n) is 14.3. The van der Waals surface area contributed by atoms with Gasteiger partial charge in [-0.15, -0.1) is 0 Å². The Hall–Kier alpha value is -3.24. The van der Waals surface area contributed by atoms with Crippen molar-refractivity contribution in [1.82, 2.24) is 0 Å². The molecule has 0 atom stereocenters. The molecule has 0 fully saturated rings. The van der Waals surface area contributed by atoms with Gasteiger partial charge in [-0.05, 0) is 54.1 Å². The van der Waals surface area contributed by atoms with E-state index in [-0.39, 0.29) is 11.6 Å². The van der Waals surface area contributed by atoms with Crippen molar-refractivity contribution in [1.29, 1.82) is 0 Å². The molecule has 0 aliphatic rings. The highest BCUT2D eigenvalue weighted by Gasteiger charge is 2.02. The first-order chi connectivity index (χ1) is 13.1. The molecule has 0 saturated heterocycles. The van der Waals surface area contributed by atoms with E-state index in [1.54, 1.807) is 48.5 Å². The van der Waals surface area contributed by atoms with Crippen LogP contribution in [0.25, 0.3) is 6.08 Å². The third kappa shape index (κ3) is 5.12. The van der Waals surface area contributed by atoms with Gasteiger partial charge in [-0.3, -0.25) is 0 Å². The van der Waals surface area contributed by atoms with Crippen LogP contribution in [0.1, 0.15) is 16.7 Å². The number of hydrogen-bond donors (Lipinski definition) is 1. The number of halogens is 2. The molecule has 1 N–H and O–H groups in total. The van der Waals surface area contributed by atoms with E-state index >= 15 is 0 Å². The lowest BCUT2D eigenvalue weighted by molar-refractivity contribution is 0.474. The van der Waals surface area contributed by atoms with Gasteiger partial charge in [0.05, 0.1) is 11.9 Å². The van der Waals surface area contributed by atoms with Gasteiger partial charge in [-0.1, -0.05) is 48.0 Å². The summed E-state index contributed by atoms with van der Waals surface area (Å²) >= 11 is 6.18. The lowest BCUT2D eigenvalue weighted by atomic mass is 10.1. The number of allylic oxidation sites excluding steroid dienone is 1. The zero-order chi connectivity index (χ0) is 19.1. The Balaban J connectivity index is 1.93. The number of phenolic OH excluding ortho intramolecular Hbond substituents is 1. The molecule has 3 nitrogen and oxygen atoms in total. The van der Waals surface area contributed by atoms with Crippen molar-refractivity contribution in [2.45, 2.75) is 0 Å². The fourth-order valence-corrected chi connectivity index (χ4v) is 2.54. The van der Waals surface area contributed by atoms with Crippen molar-refractivity contribution in [2.75, 3.05) is 0 Å². The lowest BCUT2D eigenvalue weighted by Gasteiger charge is -2.01. The van der Waals surface area contributed by atoms with Crippen LogP contribution in [0.3, 0.4) is 0 Å². The highest BCUT2D eigenvalue weighted by atomic mass is 35.5. The van der Waals surface area contributed by atoms with Crippen LogP contribution >= 0.6 is 11.6 Å². The molecule has 0 unspecified atom stereocenters. The molecule has 134 valence electrons. The summed E-state index contributed by atoms with van der Waals surface area (Å²) in [7, 11) is 0. The standard InChI is InChI=1S/C22H16ClFN2O/c23-20-7-3-1-5-16(20)11-14-21(17-9-12-19(24)13-10-17)26-25-15-18-6-2-4-8-22(18)27/h1-15,27H/b14-11-,25-15+,26-21-. The van der Waals surface area contributed by atoms with E-state index in [1.807, 2.05) is 24.3 Å². The normalized spacial score (nSPS) is 12.1. The fourth-order valence-electron chi connectivity index (χ4n) is 2.34. The van der Waals surface area contributed by atoms with E-state index in [2.05, 4.69) is 10.2 Å². The van der Waals surface area contributed by atoms with Crippen molar-refractivity contribution in [3.8, 4) is 5.75 Å². The number of benzene rings is 3. The zero-order valence-corrected chi connectivity index (χ0v) is 15.0. The average molecular weight is 379 g/mol. The number of nitrogens with zero attached hydrogens (tertiary/aromatic N) is 2. The molecule has 0 saturated carbocycles. The van der Waals surface area contributed by atoms with E-state index in [0.717, 1.165) is 5.56 Å². The summed E-state index contributed by atoms with van der Waals surface area (Å²) in [6.45, 7) is 0. The van der Waals surface area contributed by atoms with Crippen molar-refractivity contribution >= 4 is 29.6 Å². The maximum absolute atomic E-state index is 13.2.